The summed E-state index contributed by atoms with van der Waals surface area (Å²) in [5, 5.41) is 36.3. The van der Waals surface area contributed by atoms with E-state index in [4.69, 9.17) is 15.3 Å². The Hall–Kier alpha value is -4.43. The van der Waals surface area contributed by atoms with E-state index in [2.05, 4.69) is 79.6 Å². The summed E-state index contributed by atoms with van der Waals surface area (Å²) >= 11 is 13.8. The van der Waals surface area contributed by atoms with E-state index in [1.165, 1.54) is 52.6 Å². The summed E-state index contributed by atoms with van der Waals surface area (Å²) in [6.45, 7) is 7.82. The molecule has 0 radical (unpaired) electrons. The Morgan fingerprint density at radius 3 is 1.70 bits per heavy atom. The molecule has 314 valence electrons. The highest BCUT2D eigenvalue weighted by molar-refractivity contribution is 9.10. The fourth-order valence-corrected chi connectivity index (χ4v) is 9.43. The van der Waals surface area contributed by atoms with Crippen molar-refractivity contribution in [1.29, 1.82) is 10.5 Å². The minimum atomic E-state index is -1.56. The van der Waals surface area contributed by atoms with Gasteiger partial charge in [0, 0.05) is 27.4 Å². The minimum absolute atomic E-state index is 0.00176. The van der Waals surface area contributed by atoms with Gasteiger partial charge in [0.1, 0.15) is 0 Å². The second kappa shape index (κ2) is 24.9. The molecule has 3 aromatic heterocycles. The Bertz CT molecular complexity index is 2960. The zero-order valence-electron chi connectivity index (χ0n) is 33.4. The molecule has 10 nitrogen and oxygen atoms in total. The number of hydrogen-bond donors (Lipinski definition) is 3. The number of aromatic nitrogens is 3. The van der Waals surface area contributed by atoms with Crippen LogP contribution in [0.4, 0.5) is 0 Å². The van der Waals surface area contributed by atoms with Gasteiger partial charge in [0.25, 0.3) is 0 Å². The third-order valence-corrected chi connectivity index (χ3v) is 13.0. The van der Waals surface area contributed by atoms with Gasteiger partial charge >= 0.3 is 21.7 Å². The van der Waals surface area contributed by atoms with Crippen LogP contribution in [0.3, 0.4) is 0 Å². The molecule has 0 bridgehead atoms. The van der Waals surface area contributed by atoms with E-state index < -0.39 is 7.12 Å². The van der Waals surface area contributed by atoms with Gasteiger partial charge in [0.05, 0.1) is 53.9 Å². The van der Waals surface area contributed by atoms with Gasteiger partial charge < -0.3 is 15.0 Å². The van der Waals surface area contributed by atoms with Crippen molar-refractivity contribution in [1.82, 2.24) is 14.1 Å². The molecule has 0 spiro atoms. The van der Waals surface area contributed by atoms with Crippen LogP contribution in [0.25, 0.3) is 41.8 Å². The second-order valence-electron chi connectivity index (χ2n) is 12.9. The van der Waals surface area contributed by atoms with Crippen molar-refractivity contribution >= 4 is 125 Å². The topological polar surface area (TPSA) is 165 Å². The van der Waals surface area contributed by atoms with Gasteiger partial charge in [-0.2, -0.15) is 10.5 Å². The summed E-state index contributed by atoms with van der Waals surface area (Å²) in [5.41, 5.74) is 6.00. The van der Waals surface area contributed by atoms with Gasteiger partial charge in [-0.1, -0.05) is 145 Å². The second-order valence-corrected chi connectivity index (χ2v) is 18.5. The zero-order valence-corrected chi connectivity index (χ0v) is 40.6. The number of nitrogens with zero attached hydrogens (tertiary/aromatic N) is 4. The highest BCUT2D eigenvalue weighted by Crippen LogP contribution is 2.28. The Morgan fingerprint density at radius 1 is 0.656 bits per heavy atom. The van der Waals surface area contributed by atoms with Crippen LogP contribution < -0.4 is 20.1 Å². The van der Waals surface area contributed by atoms with E-state index in [9.17, 15) is 19.6 Å². The highest BCUT2D eigenvalue weighted by Gasteiger charge is 2.14. The van der Waals surface area contributed by atoms with Gasteiger partial charge in [0.2, 0.25) is 0 Å². The van der Waals surface area contributed by atoms with Crippen molar-refractivity contribution in [3.63, 3.8) is 0 Å². The van der Waals surface area contributed by atoms with Gasteiger partial charge in [0.15, 0.2) is 0 Å². The number of alkyl halides is 1. The number of H-pyrrole nitrogens is 1. The minimum Gasteiger partial charge on any atom is -0.423 e. The lowest BCUT2D eigenvalue weighted by Gasteiger charge is -2.05. The SMILES string of the molecule is CCCBr.CCCn1c(=O)sc2cc(-c3ccccc3C#N)ccc21.CCCn1c(=O)sc2cc(Br)ccc21.N#Cc1ccccc1B(O)O.O=c1[nH]c2ccc(Br)cc2s1. The molecule has 0 amide bonds. The lowest BCUT2D eigenvalue weighted by atomic mass is 9.77. The fraction of sp³-hybridized carbons (Fsp3) is 0.205. The smallest absolute Gasteiger partial charge is 0.423 e. The lowest BCUT2D eigenvalue weighted by molar-refractivity contribution is 0.425. The normalized spacial score (nSPS) is 10.2. The number of fused-ring (bicyclic) bond motifs is 3. The third-order valence-electron chi connectivity index (χ3n) is 8.48. The first-order valence-corrected chi connectivity index (χ1v) is 24.2. The van der Waals surface area contributed by atoms with Crippen LogP contribution in [0, 0.1) is 22.7 Å². The predicted molar refractivity (Wildman–Crippen MR) is 266 cm³/mol. The molecule has 3 heterocycles. The van der Waals surface area contributed by atoms with E-state index >= 15 is 0 Å². The molecular weight excluding hydrogens is 1030 g/mol. The van der Waals surface area contributed by atoms with E-state index in [0.717, 1.165) is 82.0 Å². The van der Waals surface area contributed by atoms with Crippen molar-refractivity contribution in [3.05, 3.63) is 152 Å². The summed E-state index contributed by atoms with van der Waals surface area (Å²) in [5.74, 6) is 0. The maximum absolute atomic E-state index is 12.0. The summed E-state index contributed by atoms with van der Waals surface area (Å²) < 4.78 is 8.70. The molecule has 5 aromatic carbocycles. The molecule has 0 atom stereocenters. The van der Waals surface area contributed by atoms with Crippen LogP contribution in [-0.4, -0.2) is 36.6 Å². The summed E-state index contributed by atoms with van der Waals surface area (Å²) in [7, 11) is -1.56. The van der Waals surface area contributed by atoms with Gasteiger partial charge in [-0.15, -0.1) is 0 Å². The Morgan fingerprint density at radius 2 is 1.16 bits per heavy atom. The van der Waals surface area contributed by atoms with Crippen molar-refractivity contribution in [2.45, 2.75) is 53.1 Å². The molecule has 8 aromatic rings. The van der Waals surface area contributed by atoms with E-state index in [0.29, 0.717) is 11.1 Å². The van der Waals surface area contributed by atoms with Crippen molar-refractivity contribution in [2.24, 2.45) is 0 Å². The lowest BCUT2D eigenvalue weighted by Crippen LogP contribution is -2.31. The molecule has 0 unspecified atom stereocenters. The molecular formula is C44H41BBr3N5O5S3. The molecule has 0 saturated heterocycles. The average molecular weight is 1070 g/mol. The molecule has 0 fully saturated rings. The van der Waals surface area contributed by atoms with E-state index in [-0.39, 0.29) is 20.1 Å². The molecule has 3 N–H and O–H groups in total. The molecule has 0 saturated carbocycles. The first-order chi connectivity index (χ1) is 29.4. The molecule has 17 heteroatoms. The molecule has 0 aliphatic carbocycles. The Labute approximate surface area is 390 Å². The number of nitriles is 2. The first kappa shape index (κ1) is 49.2. The van der Waals surface area contributed by atoms with Crippen LogP contribution in [0.1, 0.15) is 51.2 Å². The van der Waals surface area contributed by atoms with Crippen LogP contribution in [-0.2, 0) is 13.1 Å². The third kappa shape index (κ3) is 13.8. The maximum atomic E-state index is 12.0. The summed E-state index contributed by atoms with van der Waals surface area (Å²) in [6.07, 6.45) is 3.16. The first-order valence-electron chi connectivity index (χ1n) is 19.0. The maximum Gasteiger partial charge on any atom is 0.489 e. The van der Waals surface area contributed by atoms with E-state index in [1.54, 1.807) is 12.1 Å². The van der Waals surface area contributed by atoms with Crippen LogP contribution >= 0.6 is 81.8 Å². The van der Waals surface area contributed by atoms with Crippen LogP contribution in [0.5, 0.6) is 0 Å². The standard InChI is InChI=1S/C17H14N2OS.C10H10BrNOS.C7H6BNO2.C7H4BrNOS.C3H7Br/c1-2-9-19-15-8-7-12(10-16(15)21-17(19)20)14-6-4-3-5-13(14)11-18;1-2-5-12-8-4-3-7(11)6-9(8)14-10(12)13;9-5-6-3-1-2-4-7(6)8(10)11;8-4-1-2-5-6(3-4)11-7(10)9-5;1-2-3-4/h3-8,10H,2,9H2,1H3;3-4,6H,2,5H2,1H3;1-4,10-11H;1-3H,(H,9,10);2-3H2,1H3. The van der Waals surface area contributed by atoms with E-state index in [1.807, 2.05) is 94.1 Å². The highest BCUT2D eigenvalue weighted by atomic mass is 79.9. The van der Waals surface area contributed by atoms with Gasteiger partial charge in [-0.05, 0) is 96.5 Å². The Kier molecular flexibility index (Phi) is 20.1. The number of hydrogen-bond acceptors (Lipinski definition) is 10. The number of nitrogens with one attached hydrogen (secondary N) is 1. The number of rotatable bonds is 7. The molecule has 0 aliphatic heterocycles. The number of benzene rings is 5. The predicted octanol–water partition coefficient (Wildman–Crippen LogP) is 10.6. The van der Waals surface area contributed by atoms with Crippen molar-refractivity contribution < 1.29 is 10.0 Å². The monoisotopic (exact) mass is 1060 g/mol. The number of aryl methyl sites for hydroxylation is 2. The zero-order chi connectivity index (χ0) is 44.5. The van der Waals surface area contributed by atoms with Gasteiger partial charge in [-0.3, -0.25) is 23.5 Å². The molecule has 0 aliphatic rings. The van der Waals surface area contributed by atoms with Crippen LogP contribution in [0.15, 0.2) is 126 Å². The average Bonchev–Trinajstić information content (AvgIpc) is 3.90. The number of thiazole rings is 3. The Balaban J connectivity index is 0.000000180. The summed E-state index contributed by atoms with van der Waals surface area (Å²) in [6, 6.07) is 35.6. The number of halogens is 3. The fourth-order valence-electron chi connectivity index (χ4n) is 5.72. The van der Waals surface area contributed by atoms with Crippen LogP contribution in [0.2, 0.25) is 0 Å². The van der Waals surface area contributed by atoms with Crippen molar-refractivity contribution in [2.75, 3.05) is 5.33 Å². The molecule has 8 rings (SSSR count). The van der Waals surface area contributed by atoms with Gasteiger partial charge in [-0.25, -0.2) is 0 Å². The quantitative estimate of drug-likeness (QED) is 0.106. The molecule has 61 heavy (non-hydrogen) atoms. The number of aromatic amines is 1. The van der Waals surface area contributed by atoms with Crippen molar-refractivity contribution in [3.8, 4) is 23.3 Å². The largest absolute Gasteiger partial charge is 0.489 e. The summed E-state index contributed by atoms with van der Waals surface area (Å²) in [4.78, 5) is 37.4.